The van der Waals surface area contributed by atoms with Gasteiger partial charge >= 0.3 is 5.97 Å². The van der Waals surface area contributed by atoms with Gasteiger partial charge in [0.2, 0.25) is 15.9 Å². The van der Waals surface area contributed by atoms with Crippen LogP contribution in [-0.4, -0.2) is 41.7 Å². The van der Waals surface area contributed by atoms with E-state index in [-0.39, 0.29) is 17.2 Å². The number of nitrogens with two attached hydrogens (primary N) is 1. The number of aromatic nitrogens is 2. The molecule has 4 N–H and O–H groups in total. The summed E-state index contributed by atoms with van der Waals surface area (Å²) in [5.41, 5.74) is 3.10. The van der Waals surface area contributed by atoms with Crippen molar-refractivity contribution in [3.8, 4) is 5.69 Å². The fraction of sp³-hybridized carbons (Fsp3) is 0.312. The van der Waals surface area contributed by atoms with E-state index in [4.69, 9.17) is 10.2 Å². The van der Waals surface area contributed by atoms with Gasteiger partial charge in [0.15, 0.2) is 0 Å². The van der Waals surface area contributed by atoms with E-state index in [2.05, 4.69) is 10.4 Å². The quantitative estimate of drug-likeness (QED) is 0.629. The predicted octanol–water partition coefficient (Wildman–Crippen LogP) is 0.270. The fourth-order valence-corrected chi connectivity index (χ4v) is 3.08. The number of benzene rings is 1. The van der Waals surface area contributed by atoms with Crippen LogP contribution in [0.15, 0.2) is 29.2 Å². The van der Waals surface area contributed by atoms with Crippen LogP contribution in [0, 0.1) is 13.8 Å². The van der Waals surface area contributed by atoms with Gasteiger partial charge in [-0.25, -0.2) is 18.2 Å². The summed E-state index contributed by atoms with van der Waals surface area (Å²) in [7, 11) is -3.76. The van der Waals surface area contributed by atoms with E-state index >= 15 is 0 Å². The van der Waals surface area contributed by atoms with Crippen molar-refractivity contribution in [2.45, 2.75) is 31.6 Å². The maximum atomic E-state index is 11.7. The minimum absolute atomic E-state index is 0.0121. The summed E-state index contributed by atoms with van der Waals surface area (Å²) in [6.07, 6.45) is 0.559. The van der Waals surface area contributed by atoms with E-state index in [0.717, 1.165) is 17.0 Å². The molecule has 1 amide bonds. The topological polar surface area (TPSA) is 144 Å². The molecule has 2 aromatic rings. The Morgan fingerprint density at radius 3 is 2.38 bits per heavy atom. The predicted molar refractivity (Wildman–Crippen MR) is 93.4 cm³/mol. The third kappa shape index (κ3) is 4.67. The maximum Gasteiger partial charge on any atom is 0.322 e. The molecule has 1 heterocycles. The standard InChI is InChI=1S/C16H20N4O5S/c1-10-14(7-8-15(21)18-9-16(22)23)11(2)20(19-10)12-3-5-13(6-4-12)26(17,24)25/h3-6H,7-9H2,1-2H3,(H,18,21)(H,22,23)(H2,17,24,25). The summed E-state index contributed by atoms with van der Waals surface area (Å²) in [5, 5.41) is 20.4. The van der Waals surface area contributed by atoms with Gasteiger partial charge in [-0.1, -0.05) is 0 Å². The number of carboxylic acids is 1. The minimum atomic E-state index is -3.76. The van der Waals surface area contributed by atoms with Crippen LogP contribution in [0.5, 0.6) is 0 Å². The molecule has 2 rings (SSSR count). The molecule has 0 aliphatic carbocycles. The Labute approximate surface area is 150 Å². The number of aliphatic carboxylic acids is 1. The molecule has 9 nitrogen and oxygen atoms in total. The van der Waals surface area contributed by atoms with E-state index in [1.807, 2.05) is 13.8 Å². The van der Waals surface area contributed by atoms with E-state index in [1.165, 1.54) is 12.1 Å². The second kappa shape index (κ2) is 7.67. The average Bonchev–Trinajstić information content (AvgIpc) is 2.84. The van der Waals surface area contributed by atoms with Gasteiger partial charge in [0, 0.05) is 12.1 Å². The van der Waals surface area contributed by atoms with Gasteiger partial charge in [-0.2, -0.15) is 5.10 Å². The third-order valence-corrected chi connectivity index (χ3v) is 4.82. The van der Waals surface area contributed by atoms with Gasteiger partial charge in [0.1, 0.15) is 6.54 Å². The van der Waals surface area contributed by atoms with Crippen LogP contribution in [0.1, 0.15) is 23.4 Å². The van der Waals surface area contributed by atoms with Gasteiger partial charge < -0.3 is 10.4 Å². The van der Waals surface area contributed by atoms with Gasteiger partial charge in [-0.3, -0.25) is 9.59 Å². The summed E-state index contributed by atoms with van der Waals surface area (Å²) in [6.45, 7) is 3.25. The number of primary sulfonamides is 1. The van der Waals surface area contributed by atoms with Crippen LogP contribution in [-0.2, 0) is 26.0 Å². The number of nitrogens with zero attached hydrogens (tertiary/aromatic N) is 2. The molecule has 0 radical (unpaired) electrons. The number of aryl methyl sites for hydroxylation is 1. The molecule has 1 aromatic heterocycles. The van der Waals surface area contributed by atoms with E-state index < -0.39 is 22.5 Å². The number of hydrogen-bond donors (Lipinski definition) is 3. The largest absolute Gasteiger partial charge is 0.480 e. The molecule has 0 saturated heterocycles. The van der Waals surface area contributed by atoms with Crippen LogP contribution >= 0.6 is 0 Å². The number of carbonyl (C=O) groups is 2. The Bertz CT molecular complexity index is 932. The minimum Gasteiger partial charge on any atom is -0.480 e. The van der Waals surface area contributed by atoms with Gasteiger partial charge in [-0.15, -0.1) is 0 Å². The first-order valence-electron chi connectivity index (χ1n) is 7.76. The van der Waals surface area contributed by atoms with Crippen LogP contribution < -0.4 is 10.5 Å². The lowest BCUT2D eigenvalue weighted by molar-refractivity contribution is -0.137. The van der Waals surface area contributed by atoms with Crippen molar-refractivity contribution in [3.63, 3.8) is 0 Å². The van der Waals surface area contributed by atoms with Crippen LogP contribution in [0.25, 0.3) is 5.69 Å². The number of carboxylic acid groups (broad SMARTS) is 1. The lowest BCUT2D eigenvalue weighted by Crippen LogP contribution is -2.29. The van der Waals surface area contributed by atoms with Gasteiger partial charge in [-0.05, 0) is 50.1 Å². The molecular formula is C16H20N4O5S. The Kier molecular flexibility index (Phi) is 5.78. The zero-order chi connectivity index (χ0) is 19.5. The highest BCUT2D eigenvalue weighted by Crippen LogP contribution is 2.20. The van der Waals surface area contributed by atoms with Crippen LogP contribution in [0.2, 0.25) is 0 Å². The molecule has 0 bridgehead atoms. The Hall–Kier alpha value is -2.72. The lowest BCUT2D eigenvalue weighted by Gasteiger charge is -2.07. The fourth-order valence-electron chi connectivity index (χ4n) is 2.57. The number of nitrogens with one attached hydrogen (secondary N) is 1. The van der Waals surface area contributed by atoms with Crippen LogP contribution in [0.3, 0.4) is 0 Å². The lowest BCUT2D eigenvalue weighted by atomic mass is 10.1. The third-order valence-electron chi connectivity index (χ3n) is 3.89. The molecule has 0 atom stereocenters. The zero-order valence-electron chi connectivity index (χ0n) is 14.4. The second-order valence-electron chi connectivity index (χ2n) is 5.77. The van der Waals surface area contributed by atoms with Crippen molar-refractivity contribution >= 4 is 21.9 Å². The second-order valence-corrected chi connectivity index (χ2v) is 7.33. The molecule has 0 fully saturated rings. The maximum absolute atomic E-state index is 11.7. The average molecular weight is 380 g/mol. The van der Waals surface area contributed by atoms with Gasteiger partial charge in [0.25, 0.3) is 0 Å². The van der Waals surface area contributed by atoms with Crippen molar-refractivity contribution in [1.29, 1.82) is 0 Å². The zero-order valence-corrected chi connectivity index (χ0v) is 15.2. The number of carbonyl (C=O) groups excluding carboxylic acids is 1. The normalized spacial score (nSPS) is 11.3. The molecular weight excluding hydrogens is 360 g/mol. The molecule has 0 aliphatic heterocycles. The molecule has 10 heteroatoms. The highest BCUT2D eigenvalue weighted by molar-refractivity contribution is 7.89. The summed E-state index contributed by atoms with van der Waals surface area (Å²) < 4.78 is 24.3. The van der Waals surface area contributed by atoms with Crippen molar-refractivity contribution in [2.24, 2.45) is 5.14 Å². The molecule has 0 aliphatic rings. The molecule has 1 aromatic carbocycles. The number of rotatable bonds is 7. The summed E-state index contributed by atoms with van der Waals surface area (Å²) in [6, 6.07) is 6.01. The number of amides is 1. The summed E-state index contributed by atoms with van der Waals surface area (Å²) in [4.78, 5) is 22.2. The van der Waals surface area contributed by atoms with E-state index in [1.54, 1.807) is 16.8 Å². The number of hydrogen-bond acceptors (Lipinski definition) is 5. The monoisotopic (exact) mass is 380 g/mol. The van der Waals surface area contributed by atoms with E-state index in [0.29, 0.717) is 12.1 Å². The molecule has 0 unspecified atom stereocenters. The van der Waals surface area contributed by atoms with Crippen molar-refractivity contribution in [3.05, 3.63) is 41.2 Å². The first kappa shape index (κ1) is 19.6. The smallest absolute Gasteiger partial charge is 0.322 e. The first-order chi connectivity index (χ1) is 12.1. The van der Waals surface area contributed by atoms with Crippen molar-refractivity contribution in [1.82, 2.24) is 15.1 Å². The summed E-state index contributed by atoms with van der Waals surface area (Å²) >= 11 is 0. The Balaban J connectivity index is 2.17. The van der Waals surface area contributed by atoms with Crippen molar-refractivity contribution < 1.29 is 23.1 Å². The molecule has 140 valence electrons. The molecule has 26 heavy (non-hydrogen) atoms. The Morgan fingerprint density at radius 2 is 1.85 bits per heavy atom. The van der Waals surface area contributed by atoms with Crippen molar-refractivity contribution in [2.75, 3.05) is 6.54 Å². The first-order valence-corrected chi connectivity index (χ1v) is 9.31. The Morgan fingerprint density at radius 1 is 1.23 bits per heavy atom. The number of sulfonamides is 1. The highest BCUT2D eigenvalue weighted by atomic mass is 32.2. The highest BCUT2D eigenvalue weighted by Gasteiger charge is 2.15. The van der Waals surface area contributed by atoms with Crippen LogP contribution in [0.4, 0.5) is 0 Å². The van der Waals surface area contributed by atoms with E-state index in [9.17, 15) is 18.0 Å². The molecule has 0 saturated carbocycles. The summed E-state index contributed by atoms with van der Waals surface area (Å²) in [5.74, 6) is -1.45. The van der Waals surface area contributed by atoms with Gasteiger partial charge in [0.05, 0.1) is 16.3 Å². The SMILES string of the molecule is Cc1nn(-c2ccc(S(N)(=O)=O)cc2)c(C)c1CCC(=O)NCC(=O)O. The molecule has 0 spiro atoms.